The summed E-state index contributed by atoms with van der Waals surface area (Å²) in [4.78, 5) is 44.2. The largest absolute Gasteiger partial charge is 0.481 e. The highest BCUT2D eigenvalue weighted by molar-refractivity contribution is 6.09. The summed E-state index contributed by atoms with van der Waals surface area (Å²) >= 11 is 0. The van der Waals surface area contributed by atoms with Crippen LogP contribution >= 0.6 is 0 Å². The number of carbonyl (C=O) groups excluding carboxylic acids is 2. The Kier molecular flexibility index (Phi) is 13.6. The van der Waals surface area contributed by atoms with Gasteiger partial charge in [-0.3, -0.25) is 9.59 Å². The van der Waals surface area contributed by atoms with Gasteiger partial charge in [-0.15, -0.1) is 12.8 Å². The summed E-state index contributed by atoms with van der Waals surface area (Å²) in [7, 11) is 0. The average Bonchev–Trinajstić information content (AvgIpc) is 3.32. The van der Waals surface area contributed by atoms with Gasteiger partial charge in [0.25, 0.3) is 0 Å². The van der Waals surface area contributed by atoms with Crippen LogP contribution in [-0.4, -0.2) is 44.7 Å². The Morgan fingerprint density at radius 3 is 1.41 bits per heavy atom. The van der Waals surface area contributed by atoms with Gasteiger partial charge in [0.15, 0.2) is 0 Å². The normalized spacial score (nSPS) is 10.8. The average molecular weight is 849 g/mol. The highest BCUT2D eigenvalue weighted by atomic mass is 19.1. The molecule has 0 unspecified atom stereocenters. The van der Waals surface area contributed by atoms with Crippen LogP contribution in [0, 0.1) is 36.3 Å². The van der Waals surface area contributed by atoms with Crippen molar-refractivity contribution >= 4 is 33.4 Å². The Balaban J connectivity index is 0.000000191. The minimum Gasteiger partial charge on any atom is -0.481 e. The summed E-state index contributed by atoms with van der Waals surface area (Å²) in [5, 5.41) is 1.47. The molecule has 0 atom stereocenters. The number of nitrogens with zero attached hydrogens (tertiary/aromatic N) is 4. The summed E-state index contributed by atoms with van der Waals surface area (Å²) in [5.74, 6) is 5.19. The molecule has 0 radical (unpaired) electrons. The van der Waals surface area contributed by atoms with Crippen LogP contribution in [0.15, 0.2) is 133 Å². The maximum Gasteiger partial charge on any atom is 0.230 e. The van der Waals surface area contributed by atoms with Crippen molar-refractivity contribution in [2.24, 2.45) is 0 Å². The second kappa shape index (κ2) is 19.7. The maximum absolute atomic E-state index is 13.7. The molecule has 6 aromatic carbocycles. The molecular formula is C54H42F2N4O4. The summed E-state index contributed by atoms with van der Waals surface area (Å²) in [5.41, 5.74) is 6.98. The van der Waals surface area contributed by atoms with Crippen molar-refractivity contribution in [3.05, 3.63) is 179 Å². The Labute approximate surface area is 370 Å². The molecule has 64 heavy (non-hydrogen) atoms. The van der Waals surface area contributed by atoms with Gasteiger partial charge in [0.1, 0.15) is 36.3 Å². The number of terminal acetylenes is 2. The second-order valence-corrected chi connectivity index (χ2v) is 15.4. The minimum atomic E-state index is -0.489. The number of ether oxygens (including phenoxy) is 2. The van der Waals surface area contributed by atoms with E-state index in [2.05, 4.69) is 59.5 Å². The van der Waals surface area contributed by atoms with E-state index in [1.165, 1.54) is 53.6 Å². The van der Waals surface area contributed by atoms with E-state index < -0.39 is 17.4 Å². The van der Waals surface area contributed by atoms with Gasteiger partial charge >= 0.3 is 0 Å². The molecule has 0 aliphatic heterocycles. The molecule has 2 aromatic heterocycles. The Hall–Kier alpha value is -8.08. The van der Waals surface area contributed by atoms with E-state index in [0.29, 0.717) is 51.3 Å². The third-order valence-corrected chi connectivity index (χ3v) is 10.3. The number of fused-ring (bicyclic) bond motifs is 2. The number of benzene rings is 6. The van der Waals surface area contributed by atoms with Gasteiger partial charge in [-0.05, 0) is 95.8 Å². The molecule has 8 aromatic rings. The molecule has 0 N–H and O–H groups in total. The minimum absolute atomic E-state index is 0.00308. The molecule has 0 aliphatic carbocycles. The summed E-state index contributed by atoms with van der Waals surface area (Å²) in [6.07, 6.45) is 10.6. The molecule has 10 heteroatoms. The summed E-state index contributed by atoms with van der Waals surface area (Å²) in [6.45, 7) is 8.79. The SMILES string of the molecule is C#CCOc1ccc2nc(C(=O)c3ccc(F)cc3)nc(-c3ccc(C(C)C)cc3)c2c1.C#CCOc1ccc2nc(C(=O)c3cccc(F)c3)nc(-c3ccc(C(C)C)cc3)c2c1. The fraction of sp³-hybridized carbons (Fsp3) is 0.148. The highest BCUT2D eigenvalue weighted by Gasteiger charge is 2.20. The van der Waals surface area contributed by atoms with E-state index in [1.54, 1.807) is 30.3 Å². The zero-order valence-electron chi connectivity index (χ0n) is 35.6. The Morgan fingerprint density at radius 2 is 0.984 bits per heavy atom. The monoisotopic (exact) mass is 848 g/mol. The molecule has 0 saturated heterocycles. The van der Waals surface area contributed by atoms with Crippen molar-refractivity contribution in [1.29, 1.82) is 0 Å². The lowest BCUT2D eigenvalue weighted by Crippen LogP contribution is -2.09. The van der Waals surface area contributed by atoms with Crippen LogP contribution in [0.2, 0.25) is 0 Å². The first-order valence-electron chi connectivity index (χ1n) is 20.5. The van der Waals surface area contributed by atoms with Crippen LogP contribution in [0.5, 0.6) is 11.5 Å². The van der Waals surface area contributed by atoms with Gasteiger partial charge in [0.2, 0.25) is 23.2 Å². The zero-order valence-corrected chi connectivity index (χ0v) is 35.6. The van der Waals surface area contributed by atoms with Gasteiger partial charge in [0, 0.05) is 33.0 Å². The van der Waals surface area contributed by atoms with Crippen LogP contribution < -0.4 is 9.47 Å². The smallest absolute Gasteiger partial charge is 0.230 e. The van der Waals surface area contributed by atoms with Crippen molar-refractivity contribution < 1.29 is 27.8 Å². The quantitative estimate of drug-likeness (QED) is 0.0884. The van der Waals surface area contributed by atoms with Crippen molar-refractivity contribution in [2.75, 3.05) is 13.2 Å². The molecular weight excluding hydrogens is 807 g/mol. The molecule has 0 bridgehead atoms. The van der Waals surface area contributed by atoms with Crippen LogP contribution in [0.4, 0.5) is 8.78 Å². The van der Waals surface area contributed by atoms with Crippen LogP contribution in [0.3, 0.4) is 0 Å². The van der Waals surface area contributed by atoms with E-state index in [1.807, 2.05) is 60.7 Å². The van der Waals surface area contributed by atoms with E-state index in [0.717, 1.165) is 21.9 Å². The van der Waals surface area contributed by atoms with E-state index in [-0.39, 0.29) is 36.2 Å². The Morgan fingerprint density at radius 1 is 0.531 bits per heavy atom. The fourth-order valence-electron chi connectivity index (χ4n) is 6.83. The molecule has 0 saturated carbocycles. The fourth-order valence-corrected chi connectivity index (χ4v) is 6.83. The van der Waals surface area contributed by atoms with Gasteiger partial charge in [-0.2, -0.15) is 0 Å². The number of carbonyl (C=O) groups is 2. The highest BCUT2D eigenvalue weighted by Crippen LogP contribution is 2.33. The summed E-state index contributed by atoms with van der Waals surface area (Å²) < 4.78 is 38.1. The van der Waals surface area contributed by atoms with Crippen LogP contribution in [0.25, 0.3) is 44.3 Å². The second-order valence-electron chi connectivity index (χ2n) is 15.4. The number of aromatic nitrogens is 4. The van der Waals surface area contributed by atoms with E-state index >= 15 is 0 Å². The standard InChI is InChI=1S/2C27H21FN2O2/c1-4-15-32-22-13-14-24-23(16-22)25(19-7-5-18(6-8-19)17(2)3)30-27(29-24)26(31)20-9-11-21(28)12-10-20;1-4-14-32-22-12-13-24-23(16-22)25(19-10-8-18(9-11-19)17(2)3)30-27(29-24)26(31)20-6-5-7-21(28)15-20/h1,5-14,16-17H,15H2,2-3H3;1,5-13,15-17H,14H2,2-3H3. The van der Waals surface area contributed by atoms with Crippen molar-refractivity contribution in [3.63, 3.8) is 0 Å². The predicted molar refractivity (Wildman–Crippen MR) is 246 cm³/mol. The van der Waals surface area contributed by atoms with E-state index in [9.17, 15) is 18.4 Å². The van der Waals surface area contributed by atoms with Crippen molar-refractivity contribution in [2.45, 2.75) is 39.5 Å². The lowest BCUT2D eigenvalue weighted by Gasteiger charge is -2.12. The third kappa shape index (κ3) is 10.2. The molecule has 2 heterocycles. The Bertz CT molecular complexity index is 3080. The molecule has 0 aliphatic rings. The van der Waals surface area contributed by atoms with Gasteiger partial charge in [-0.25, -0.2) is 28.7 Å². The van der Waals surface area contributed by atoms with Crippen molar-refractivity contribution in [1.82, 2.24) is 19.9 Å². The molecule has 0 amide bonds. The number of ketones is 2. The lowest BCUT2D eigenvalue weighted by molar-refractivity contribution is 0.102. The molecule has 8 rings (SSSR count). The topological polar surface area (TPSA) is 104 Å². The maximum atomic E-state index is 13.7. The van der Waals surface area contributed by atoms with Gasteiger partial charge in [0.05, 0.1) is 22.4 Å². The number of hydrogen-bond acceptors (Lipinski definition) is 8. The molecule has 0 spiro atoms. The van der Waals surface area contributed by atoms with E-state index in [4.69, 9.17) is 22.3 Å². The molecule has 8 nitrogen and oxygen atoms in total. The van der Waals surface area contributed by atoms with Gasteiger partial charge < -0.3 is 9.47 Å². The van der Waals surface area contributed by atoms with Crippen LogP contribution in [0.1, 0.15) is 83.0 Å². The number of rotatable bonds is 12. The first-order valence-corrected chi connectivity index (χ1v) is 20.5. The number of hydrogen-bond donors (Lipinski definition) is 0. The first kappa shape index (κ1) is 44.0. The summed E-state index contributed by atoms with van der Waals surface area (Å²) in [6, 6.07) is 37.6. The lowest BCUT2D eigenvalue weighted by atomic mass is 9.99. The van der Waals surface area contributed by atoms with Crippen molar-refractivity contribution in [3.8, 4) is 58.7 Å². The number of halogens is 2. The predicted octanol–water partition coefficient (Wildman–Crippen LogP) is 11.6. The first-order chi connectivity index (χ1) is 30.9. The molecule has 0 fully saturated rings. The molecule has 316 valence electrons. The zero-order chi connectivity index (χ0) is 45.3. The third-order valence-electron chi connectivity index (χ3n) is 10.3. The van der Waals surface area contributed by atoms with Crippen LogP contribution in [-0.2, 0) is 0 Å². The van der Waals surface area contributed by atoms with Gasteiger partial charge in [-0.1, -0.05) is 100 Å².